The molecule has 1 aromatic heterocycles. The Morgan fingerprint density at radius 3 is 2.79 bits per heavy atom. The summed E-state index contributed by atoms with van der Waals surface area (Å²) in [7, 11) is 0. The van der Waals surface area contributed by atoms with Gasteiger partial charge in [0, 0.05) is 12.2 Å². The van der Waals surface area contributed by atoms with Gasteiger partial charge in [0.25, 0.3) is 0 Å². The zero-order chi connectivity index (χ0) is 10.8. The molecule has 0 atom stereocenters. The number of carbonyl (C=O) groups excluding carboxylic acids is 1. The average Bonchev–Trinajstić information content (AvgIpc) is 2.47. The average molecular weight is 196 g/mol. The predicted molar refractivity (Wildman–Crippen MR) is 53.4 cm³/mol. The van der Waals surface area contributed by atoms with Crippen molar-refractivity contribution in [3.8, 4) is 0 Å². The second-order valence-electron chi connectivity index (χ2n) is 3.82. The first-order chi connectivity index (χ1) is 6.43. The van der Waals surface area contributed by atoms with E-state index in [1.807, 2.05) is 6.92 Å². The zero-order valence-corrected chi connectivity index (χ0v) is 8.72. The number of nitrogens with two attached hydrogens (primary N) is 1. The number of hydrogen-bond donors (Lipinski definition) is 3. The number of nitrogens with zero attached hydrogens (tertiary/aromatic N) is 1. The maximum Gasteiger partial charge on any atom is 0.237 e. The number of hydrogen-bond acceptors (Lipinski definition) is 3. The highest BCUT2D eigenvalue weighted by Crippen LogP contribution is 2.05. The van der Waals surface area contributed by atoms with E-state index in [1.54, 1.807) is 20.2 Å². The standard InChI is InChI=1S/C9H16N4O/c1-6-7(12-5-11-6)4-13-9(2,3)8(10)14/h5,13H,4H2,1-3H3,(H2,10,14)(H,11,12). The molecular formula is C9H16N4O. The summed E-state index contributed by atoms with van der Waals surface area (Å²) in [5.41, 5.74) is 6.42. The minimum atomic E-state index is -0.703. The molecule has 0 unspecified atom stereocenters. The van der Waals surface area contributed by atoms with E-state index in [1.165, 1.54) is 0 Å². The van der Waals surface area contributed by atoms with Gasteiger partial charge in [-0.3, -0.25) is 10.1 Å². The largest absolute Gasteiger partial charge is 0.368 e. The van der Waals surface area contributed by atoms with Gasteiger partial charge in [0.1, 0.15) is 0 Å². The lowest BCUT2D eigenvalue weighted by Gasteiger charge is -2.21. The summed E-state index contributed by atoms with van der Waals surface area (Å²) in [4.78, 5) is 18.1. The molecule has 0 aliphatic rings. The van der Waals surface area contributed by atoms with E-state index in [9.17, 15) is 4.79 Å². The van der Waals surface area contributed by atoms with E-state index >= 15 is 0 Å². The summed E-state index contributed by atoms with van der Waals surface area (Å²) in [6.45, 7) is 5.96. The van der Waals surface area contributed by atoms with Gasteiger partial charge < -0.3 is 10.7 Å². The molecule has 0 radical (unpaired) electrons. The van der Waals surface area contributed by atoms with Crippen LogP contribution in [0.5, 0.6) is 0 Å². The Balaban J connectivity index is 2.57. The topological polar surface area (TPSA) is 83.8 Å². The molecule has 1 aromatic rings. The third-order valence-corrected chi connectivity index (χ3v) is 2.25. The van der Waals surface area contributed by atoms with E-state index in [0.29, 0.717) is 6.54 Å². The number of imidazole rings is 1. The molecule has 0 aliphatic heterocycles. The van der Waals surface area contributed by atoms with Gasteiger partial charge >= 0.3 is 0 Å². The summed E-state index contributed by atoms with van der Waals surface area (Å²) in [5.74, 6) is -0.370. The van der Waals surface area contributed by atoms with Crippen LogP contribution in [-0.4, -0.2) is 21.4 Å². The SMILES string of the molecule is Cc1[nH]cnc1CNC(C)(C)C(N)=O. The highest BCUT2D eigenvalue weighted by molar-refractivity contribution is 5.83. The van der Waals surface area contributed by atoms with Crippen LogP contribution in [0.15, 0.2) is 6.33 Å². The fraction of sp³-hybridized carbons (Fsp3) is 0.556. The molecular weight excluding hydrogens is 180 g/mol. The Bertz CT molecular complexity index is 329. The van der Waals surface area contributed by atoms with Gasteiger partial charge in [0.05, 0.1) is 17.6 Å². The van der Waals surface area contributed by atoms with E-state index in [0.717, 1.165) is 11.4 Å². The quantitative estimate of drug-likeness (QED) is 0.637. The van der Waals surface area contributed by atoms with Crippen LogP contribution >= 0.6 is 0 Å². The number of amides is 1. The van der Waals surface area contributed by atoms with Crippen LogP contribution < -0.4 is 11.1 Å². The van der Waals surface area contributed by atoms with Gasteiger partial charge in [-0.05, 0) is 20.8 Å². The number of nitrogens with one attached hydrogen (secondary N) is 2. The van der Waals surface area contributed by atoms with Crippen LogP contribution in [-0.2, 0) is 11.3 Å². The number of carbonyl (C=O) groups is 1. The number of H-pyrrole nitrogens is 1. The monoisotopic (exact) mass is 196 g/mol. The number of aromatic amines is 1. The maximum atomic E-state index is 11.0. The van der Waals surface area contributed by atoms with E-state index in [4.69, 9.17) is 5.73 Å². The fourth-order valence-electron chi connectivity index (χ4n) is 0.957. The Morgan fingerprint density at radius 1 is 1.71 bits per heavy atom. The molecule has 1 heterocycles. The van der Waals surface area contributed by atoms with Crippen molar-refractivity contribution in [2.45, 2.75) is 32.9 Å². The molecule has 5 heteroatoms. The first kappa shape index (κ1) is 10.7. The molecule has 1 amide bonds. The summed E-state index contributed by atoms with van der Waals surface area (Å²) in [6.07, 6.45) is 1.63. The molecule has 0 saturated heterocycles. The zero-order valence-electron chi connectivity index (χ0n) is 8.72. The van der Waals surface area contributed by atoms with Crippen LogP contribution in [0.1, 0.15) is 25.2 Å². The lowest BCUT2D eigenvalue weighted by molar-refractivity contribution is -0.123. The van der Waals surface area contributed by atoms with Crippen LogP contribution in [0.4, 0.5) is 0 Å². The van der Waals surface area contributed by atoms with Gasteiger partial charge in [-0.25, -0.2) is 4.98 Å². The Labute approximate surface area is 83.1 Å². The first-order valence-corrected chi connectivity index (χ1v) is 4.47. The Morgan fingerprint density at radius 2 is 2.36 bits per heavy atom. The smallest absolute Gasteiger partial charge is 0.237 e. The van der Waals surface area contributed by atoms with Crippen LogP contribution in [0.3, 0.4) is 0 Å². The van der Waals surface area contributed by atoms with Crippen molar-refractivity contribution < 1.29 is 4.79 Å². The lowest BCUT2D eigenvalue weighted by Crippen LogP contribution is -2.50. The third-order valence-electron chi connectivity index (χ3n) is 2.25. The molecule has 78 valence electrons. The van der Waals surface area contributed by atoms with Gasteiger partial charge in [-0.2, -0.15) is 0 Å². The fourth-order valence-corrected chi connectivity index (χ4v) is 0.957. The minimum Gasteiger partial charge on any atom is -0.368 e. The first-order valence-electron chi connectivity index (χ1n) is 4.47. The summed E-state index contributed by atoms with van der Waals surface area (Å²) >= 11 is 0. The number of aromatic nitrogens is 2. The summed E-state index contributed by atoms with van der Waals surface area (Å²) < 4.78 is 0. The van der Waals surface area contributed by atoms with E-state index < -0.39 is 5.54 Å². The highest BCUT2D eigenvalue weighted by Gasteiger charge is 2.24. The number of rotatable bonds is 4. The highest BCUT2D eigenvalue weighted by atomic mass is 16.1. The molecule has 0 spiro atoms. The van der Waals surface area contributed by atoms with Crippen molar-refractivity contribution in [2.75, 3.05) is 0 Å². The summed E-state index contributed by atoms with van der Waals surface area (Å²) in [6, 6.07) is 0. The predicted octanol–water partition coefficient (Wildman–Crippen LogP) is 0.0716. The van der Waals surface area contributed by atoms with Crippen molar-refractivity contribution in [3.05, 3.63) is 17.7 Å². The van der Waals surface area contributed by atoms with Crippen molar-refractivity contribution in [1.82, 2.24) is 15.3 Å². The van der Waals surface area contributed by atoms with Crippen LogP contribution in [0, 0.1) is 6.92 Å². The molecule has 0 aliphatic carbocycles. The van der Waals surface area contributed by atoms with Crippen molar-refractivity contribution in [3.63, 3.8) is 0 Å². The second-order valence-corrected chi connectivity index (χ2v) is 3.82. The maximum absolute atomic E-state index is 11.0. The summed E-state index contributed by atoms with van der Waals surface area (Å²) in [5, 5.41) is 3.04. The van der Waals surface area contributed by atoms with Gasteiger partial charge in [-0.1, -0.05) is 0 Å². The molecule has 5 nitrogen and oxygen atoms in total. The van der Waals surface area contributed by atoms with Gasteiger partial charge in [-0.15, -0.1) is 0 Å². The second kappa shape index (κ2) is 3.79. The molecule has 0 saturated carbocycles. The Kier molecular flexibility index (Phi) is 2.90. The van der Waals surface area contributed by atoms with Gasteiger partial charge in [0.15, 0.2) is 0 Å². The van der Waals surface area contributed by atoms with Crippen molar-refractivity contribution in [2.24, 2.45) is 5.73 Å². The van der Waals surface area contributed by atoms with E-state index in [-0.39, 0.29) is 5.91 Å². The molecule has 0 aromatic carbocycles. The molecule has 4 N–H and O–H groups in total. The normalized spacial score (nSPS) is 11.6. The van der Waals surface area contributed by atoms with Crippen LogP contribution in [0.25, 0.3) is 0 Å². The minimum absolute atomic E-state index is 0.370. The number of aryl methyl sites for hydroxylation is 1. The molecule has 0 fully saturated rings. The molecule has 0 bridgehead atoms. The van der Waals surface area contributed by atoms with Crippen LogP contribution in [0.2, 0.25) is 0 Å². The molecule has 14 heavy (non-hydrogen) atoms. The van der Waals surface area contributed by atoms with E-state index in [2.05, 4.69) is 15.3 Å². The lowest BCUT2D eigenvalue weighted by atomic mass is 10.1. The van der Waals surface area contributed by atoms with Gasteiger partial charge in [0.2, 0.25) is 5.91 Å². The molecule has 1 rings (SSSR count). The third kappa shape index (κ3) is 2.32. The number of primary amides is 1. The Hall–Kier alpha value is -1.36. The van der Waals surface area contributed by atoms with Crippen molar-refractivity contribution >= 4 is 5.91 Å². The van der Waals surface area contributed by atoms with Crippen molar-refractivity contribution in [1.29, 1.82) is 0 Å².